The highest BCUT2D eigenvalue weighted by atomic mass is 32.2. The summed E-state index contributed by atoms with van der Waals surface area (Å²) in [5.74, 6) is -0.0889. The van der Waals surface area contributed by atoms with E-state index >= 15 is 0 Å². The summed E-state index contributed by atoms with van der Waals surface area (Å²) >= 11 is 1.08. The first kappa shape index (κ1) is 14.1. The molecule has 1 heterocycles. The molecule has 1 aromatic carbocycles. The van der Waals surface area contributed by atoms with Crippen molar-refractivity contribution in [2.24, 2.45) is 7.05 Å². The van der Waals surface area contributed by atoms with Crippen molar-refractivity contribution in [1.29, 1.82) is 0 Å². The van der Waals surface area contributed by atoms with E-state index in [1.54, 1.807) is 26.1 Å². The second kappa shape index (κ2) is 5.38. The highest BCUT2D eigenvalue weighted by Gasteiger charge is 2.13. The fraction of sp³-hybridized carbons (Fsp3) is 0.154. The number of aryl methyl sites for hydroxylation is 1. The highest BCUT2D eigenvalue weighted by molar-refractivity contribution is 7.99. The van der Waals surface area contributed by atoms with E-state index in [2.05, 4.69) is 0 Å². The molecule has 20 heavy (non-hydrogen) atoms. The topological polar surface area (TPSA) is 85.4 Å². The third kappa shape index (κ3) is 2.67. The number of benzene rings is 1. The van der Waals surface area contributed by atoms with Crippen molar-refractivity contribution in [3.8, 4) is 5.75 Å². The van der Waals surface area contributed by atoms with Crippen LogP contribution >= 0.6 is 11.8 Å². The SMILES string of the molecule is Cc1cc(O)c(Sc2ccc([N+](=O)[O-])cc2)c(=O)n1C. The summed E-state index contributed by atoms with van der Waals surface area (Å²) in [4.78, 5) is 23.0. The molecule has 0 saturated carbocycles. The first-order chi connectivity index (χ1) is 9.40. The number of pyridine rings is 1. The van der Waals surface area contributed by atoms with Crippen molar-refractivity contribution in [2.75, 3.05) is 0 Å². The fourth-order valence-electron chi connectivity index (χ4n) is 1.63. The van der Waals surface area contributed by atoms with Gasteiger partial charge in [0.2, 0.25) is 0 Å². The van der Waals surface area contributed by atoms with Gasteiger partial charge in [0, 0.05) is 35.8 Å². The van der Waals surface area contributed by atoms with Gasteiger partial charge in [-0.15, -0.1) is 0 Å². The van der Waals surface area contributed by atoms with Crippen LogP contribution in [0.5, 0.6) is 5.75 Å². The third-order valence-electron chi connectivity index (χ3n) is 2.87. The standard InChI is InChI=1S/C13H12N2O4S/c1-8-7-11(16)12(13(17)14(8)2)20-10-5-3-9(4-6-10)15(18)19/h3-7,16H,1-2H3. The molecule has 0 aliphatic carbocycles. The predicted molar refractivity (Wildman–Crippen MR) is 75.3 cm³/mol. The van der Waals surface area contributed by atoms with Gasteiger partial charge in [-0.3, -0.25) is 14.9 Å². The maximum atomic E-state index is 12.1. The number of rotatable bonds is 3. The van der Waals surface area contributed by atoms with Gasteiger partial charge >= 0.3 is 0 Å². The lowest BCUT2D eigenvalue weighted by Crippen LogP contribution is -2.20. The Morgan fingerprint density at radius 3 is 2.45 bits per heavy atom. The first-order valence-corrected chi connectivity index (χ1v) is 6.53. The van der Waals surface area contributed by atoms with Gasteiger partial charge in [0.05, 0.1) is 4.92 Å². The minimum absolute atomic E-state index is 0.0182. The van der Waals surface area contributed by atoms with E-state index in [0.29, 0.717) is 10.6 Å². The second-order valence-electron chi connectivity index (χ2n) is 4.22. The van der Waals surface area contributed by atoms with E-state index in [1.165, 1.54) is 22.8 Å². The molecular formula is C13H12N2O4S. The molecule has 0 unspecified atom stereocenters. The third-order valence-corrected chi connectivity index (χ3v) is 3.97. The molecular weight excluding hydrogens is 280 g/mol. The van der Waals surface area contributed by atoms with Gasteiger partial charge < -0.3 is 9.67 Å². The van der Waals surface area contributed by atoms with Crippen LogP contribution in [0.2, 0.25) is 0 Å². The molecule has 0 aliphatic heterocycles. The van der Waals surface area contributed by atoms with Crippen molar-refractivity contribution < 1.29 is 10.0 Å². The largest absolute Gasteiger partial charge is 0.506 e. The average molecular weight is 292 g/mol. The Balaban J connectivity index is 2.38. The molecule has 104 valence electrons. The van der Waals surface area contributed by atoms with Crippen LogP contribution < -0.4 is 5.56 Å². The summed E-state index contributed by atoms with van der Waals surface area (Å²) in [6.07, 6.45) is 0. The highest BCUT2D eigenvalue weighted by Crippen LogP contribution is 2.32. The number of hydrogen-bond donors (Lipinski definition) is 1. The number of nitro benzene ring substituents is 1. The summed E-state index contributed by atoms with van der Waals surface area (Å²) < 4.78 is 1.44. The Morgan fingerprint density at radius 2 is 1.90 bits per heavy atom. The molecule has 2 aromatic rings. The fourth-order valence-corrected chi connectivity index (χ4v) is 2.53. The molecule has 0 aliphatic rings. The van der Waals surface area contributed by atoms with Gasteiger partial charge in [0.1, 0.15) is 10.6 Å². The molecule has 1 aromatic heterocycles. The second-order valence-corrected chi connectivity index (χ2v) is 5.30. The Morgan fingerprint density at radius 1 is 1.30 bits per heavy atom. The van der Waals surface area contributed by atoms with Crippen LogP contribution in [0, 0.1) is 17.0 Å². The lowest BCUT2D eigenvalue weighted by atomic mass is 10.3. The number of nitro groups is 1. The lowest BCUT2D eigenvalue weighted by Gasteiger charge is -2.09. The van der Waals surface area contributed by atoms with Crippen molar-refractivity contribution in [1.82, 2.24) is 4.57 Å². The Bertz CT molecular complexity index is 722. The zero-order valence-electron chi connectivity index (χ0n) is 10.9. The van der Waals surface area contributed by atoms with E-state index in [9.17, 15) is 20.0 Å². The molecule has 0 amide bonds. The van der Waals surface area contributed by atoms with E-state index in [1.807, 2.05) is 0 Å². The average Bonchev–Trinajstić information content (AvgIpc) is 2.42. The molecule has 6 nitrogen and oxygen atoms in total. The van der Waals surface area contributed by atoms with Crippen molar-refractivity contribution >= 4 is 17.4 Å². The Hall–Kier alpha value is -2.28. The van der Waals surface area contributed by atoms with Gasteiger partial charge in [-0.2, -0.15) is 0 Å². The summed E-state index contributed by atoms with van der Waals surface area (Å²) in [5.41, 5.74) is 0.335. The van der Waals surface area contributed by atoms with Gasteiger partial charge in [-0.25, -0.2) is 0 Å². The van der Waals surface area contributed by atoms with Crippen LogP contribution in [0.3, 0.4) is 0 Å². The van der Waals surface area contributed by atoms with Crippen LogP contribution in [0.15, 0.2) is 44.9 Å². The summed E-state index contributed by atoms with van der Waals surface area (Å²) in [5, 5.41) is 20.4. The molecule has 0 fully saturated rings. The molecule has 0 atom stereocenters. The van der Waals surface area contributed by atoms with E-state index in [-0.39, 0.29) is 21.9 Å². The van der Waals surface area contributed by atoms with Crippen LogP contribution in [0.1, 0.15) is 5.69 Å². The smallest absolute Gasteiger partial charge is 0.269 e. The van der Waals surface area contributed by atoms with Crippen molar-refractivity contribution in [3.63, 3.8) is 0 Å². The van der Waals surface area contributed by atoms with Crippen LogP contribution in [-0.2, 0) is 7.05 Å². The van der Waals surface area contributed by atoms with Crippen LogP contribution in [0.25, 0.3) is 0 Å². The predicted octanol–water partition coefficient (Wildman–Crippen LogP) is 2.46. The molecule has 7 heteroatoms. The first-order valence-electron chi connectivity index (χ1n) is 5.72. The number of non-ortho nitro benzene ring substituents is 1. The lowest BCUT2D eigenvalue weighted by molar-refractivity contribution is -0.384. The van der Waals surface area contributed by atoms with Crippen molar-refractivity contribution in [3.05, 3.63) is 56.5 Å². The van der Waals surface area contributed by atoms with Gasteiger partial charge in [0.25, 0.3) is 11.2 Å². The van der Waals surface area contributed by atoms with Crippen LogP contribution in [0.4, 0.5) is 5.69 Å². The normalized spacial score (nSPS) is 10.5. The number of aromatic hydroxyl groups is 1. The molecule has 1 N–H and O–H groups in total. The van der Waals surface area contributed by atoms with Gasteiger partial charge in [-0.05, 0) is 19.1 Å². The summed E-state index contributed by atoms with van der Waals surface area (Å²) in [7, 11) is 1.62. The van der Waals surface area contributed by atoms with Crippen LogP contribution in [-0.4, -0.2) is 14.6 Å². The van der Waals surface area contributed by atoms with E-state index in [4.69, 9.17) is 0 Å². The quantitative estimate of drug-likeness (QED) is 0.693. The number of aromatic nitrogens is 1. The Kier molecular flexibility index (Phi) is 3.80. The van der Waals surface area contributed by atoms with Crippen molar-refractivity contribution in [2.45, 2.75) is 16.7 Å². The van der Waals surface area contributed by atoms with Gasteiger partial charge in [0.15, 0.2) is 0 Å². The monoisotopic (exact) mass is 292 g/mol. The molecule has 0 bridgehead atoms. The zero-order chi connectivity index (χ0) is 14.9. The molecule has 0 saturated heterocycles. The van der Waals surface area contributed by atoms with E-state index < -0.39 is 4.92 Å². The maximum Gasteiger partial charge on any atom is 0.269 e. The minimum Gasteiger partial charge on any atom is -0.506 e. The number of hydrogen-bond acceptors (Lipinski definition) is 5. The zero-order valence-corrected chi connectivity index (χ0v) is 11.7. The molecule has 2 rings (SSSR count). The maximum absolute atomic E-state index is 12.1. The molecule has 0 radical (unpaired) electrons. The Labute approximate surface area is 118 Å². The number of nitrogens with zero attached hydrogens (tertiary/aromatic N) is 2. The summed E-state index contributed by atoms with van der Waals surface area (Å²) in [6.45, 7) is 1.72. The minimum atomic E-state index is -0.489. The van der Waals surface area contributed by atoms with Gasteiger partial charge in [-0.1, -0.05) is 11.8 Å². The molecule has 0 spiro atoms. The van der Waals surface area contributed by atoms with E-state index in [0.717, 1.165) is 11.8 Å². The summed E-state index contributed by atoms with van der Waals surface area (Å²) in [6, 6.07) is 7.31.